The lowest BCUT2D eigenvalue weighted by Crippen LogP contribution is -2.23. The summed E-state index contributed by atoms with van der Waals surface area (Å²) in [5.74, 6) is 2.07. The number of carbonyl (C=O) groups excluding carboxylic acids is 1. The zero-order chi connectivity index (χ0) is 22.9. The number of aromatic nitrogens is 1. The minimum Gasteiger partial charge on any atom is -0.493 e. The quantitative estimate of drug-likeness (QED) is 0.318. The van der Waals surface area contributed by atoms with Crippen LogP contribution in [0.4, 0.5) is 0 Å². The zero-order valence-electron chi connectivity index (χ0n) is 18.2. The SMILES string of the molecule is O=C(NCc1ccccc1OCCCCCc1cc(=O)[nH]o1)c1ccc(-c2ccco2)cc1. The highest BCUT2D eigenvalue weighted by atomic mass is 16.5. The maximum Gasteiger partial charge on any atom is 0.280 e. The van der Waals surface area contributed by atoms with Gasteiger partial charge in [-0.25, -0.2) is 0 Å². The molecule has 0 saturated carbocycles. The molecule has 0 aliphatic heterocycles. The molecule has 33 heavy (non-hydrogen) atoms. The number of H-pyrrole nitrogens is 1. The van der Waals surface area contributed by atoms with Crippen LogP contribution in [0.2, 0.25) is 0 Å². The van der Waals surface area contributed by atoms with Gasteiger partial charge in [0.15, 0.2) is 0 Å². The molecule has 0 aliphatic rings. The van der Waals surface area contributed by atoms with Gasteiger partial charge in [0.1, 0.15) is 17.3 Å². The van der Waals surface area contributed by atoms with Crippen LogP contribution in [-0.4, -0.2) is 17.7 Å². The van der Waals surface area contributed by atoms with Crippen molar-refractivity contribution in [2.75, 3.05) is 6.61 Å². The molecule has 0 saturated heterocycles. The van der Waals surface area contributed by atoms with E-state index in [-0.39, 0.29) is 11.5 Å². The Morgan fingerprint density at radius 1 is 0.970 bits per heavy atom. The summed E-state index contributed by atoms with van der Waals surface area (Å²) in [5, 5.41) is 5.26. The number of para-hydroxylation sites is 1. The van der Waals surface area contributed by atoms with Crippen LogP contribution in [0.1, 0.15) is 40.9 Å². The molecule has 0 unspecified atom stereocenters. The summed E-state index contributed by atoms with van der Waals surface area (Å²) in [5.41, 5.74) is 2.23. The van der Waals surface area contributed by atoms with Gasteiger partial charge in [0.25, 0.3) is 11.5 Å². The highest BCUT2D eigenvalue weighted by molar-refractivity contribution is 5.94. The predicted molar refractivity (Wildman–Crippen MR) is 124 cm³/mol. The molecule has 7 nitrogen and oxygen atoms in total. The molecular formula is C26H26N2O5. The minimum absolute atomic E-state index is 0.146. The monoisotopic (exact) mass is 446 g/mol. The van der Waals surface area contributed by atoms with E-state index < -0.39 is 0 Å². The van der Waals surface area contributed by atoms with E-state index >= 15 is 0 Å². The molecule has 0 fully saturated rings. The van der Waals surface area contributed by atoms with Crippen molar-refractivity contribution in [1.82, 2.24) is 10.5 Å². The average molecular weight is 447 g/mol. The molecule has 2 aromatic heterocycles. The van der Waals surface area contributed by atoms with Crippen LogP contribution in [0, 0.1) is 0 Å². The Hall–Kier alpha value is -4.00. The summed E-state index contributed by atoms with van der Waals surface area (Å²) in [6, 6.07) is 20.2. The topological polar surface area (TPSA) is 97.5 Å². The summed E-state index contributed by atoms with van der Waals surface area (Å²) in [6.45, 7) is 0.956. The van der Waals surface area contributed by atoms with Gasteiger partial charge in [-0.05, 0) is 49.6 Å². The van der Waals surface area contributed by atoms with Crippen molar-refractivity contribution >= 4 is 5.91 Å². The molecule has 4 aromatic rings. The third kappa shape index (κ3) is 6.26. The van der Waals surface area contributed by atoms with Crippen molar-refractivity contribution in [1.29, 1.82) is 0 Å². The fourth-order valence-corrected chi connectivity index (χ4v) is 3.50. The van der Waals surface area contributed by atoms with Crippen molar-refractivity contribution in [2.45, 2.75) is 32.2 Å². The van der Waals surface area contributed by atoms with Crippen LogP contribution < -0.4 is 15.6 Å². The van der Waals surface area contributed by atoms with E-state index in [9.17, 15) is 9.59 Å². The summed E-state index contributed by atoms with van der Waals surface area (Å²) >= 11 is 0. The molecule has 2 N–H and O–H groups in total. The third-order valence-electron chi connectivity index (χ3n) is 5.26. The van der Waals surface area contributed by atoms with Gasteiger partial charge in [-0.1, -0.05) is 30.3 Å². The molecule has 2 aromatic carbocycles. The lowest BCUT2D eigenvalue weighted by molar-refractivity contribution is 0.0950. The number of nitrogens with one attached hydrogen (secondary N) is 2. The Balaban J connectivity index is 1.22. The van der Waals surface area contributed by atoms with Gasteiger partial charge in [-0.3, -0.25) is 9.59 Å². The Morgan fingerprint density at radius 3 is 2.58 bits per heavy atom. The van der Waals surface area contributed by atoms with E-state index in [1.807, 2.05) is 48.5 Å². The smallest absolute Gasteiger partial charge is 0.280 e. The van der Waals surface area contributed by atoms with E-state index in [1.165, 1.54) is 6.07 Å². The zero-order valence-corrected chi connectivity index (χ0v) is 18.2. The number of hydrogen-bond acceptors (Lipinski definition) is 5. The van der Waals surface area contributed by atoms with E-state index in [1.54, 1.807) is 18.4 Å². The van der Waals surface area contributed by atoms with E-state index in [4.69, 9.17) is 13.7 Å². The maximum atomic E-state index is 12.6. The Labute approximate surface area is 191 Å². The molecule has 0 atom stereocenters. The van der Waals surface area contributed by atoms with E-state index in [0.29, 0.717) is 24.5 Å². The molecule has 2 heterocycles. The van der Waals surface area contributed by atoms with Gasteiger partial charge in [0.2, 0.25) is 0 Å². The molecule has 0 bridgehead atoms. The summed E-state index contributed by atoms with van der Waals surface area (Å²) in [6.07, 6.45) is 5.11. The fourth-order valence-electron chi connectivity index (χ4n) is 3.50. The van der Waals surface area contributed by atoms with Crippen molar-refractivity contribution in [2.24, 2.45) is 0 Å². The van der Waals surface area contributed by atoms with Crippen molar-refractivity contribution in [3.63, 3.8) is 0 Å². The summed E-state index contributed by atoms with van der Waals surface area (Å²) < 4.78 is 16.4. The highest BCUT2D eigenvalue weighted by Crippen LogP contribution is 2.21. The summed E-state index contributed by atoms with van der Waals surface area (Å²) in [4.78, 5) is 23.6. The van der Waals surface area contributed by atoms with Crippen molar-refractivity contribution < 1.29 is 18.5 Å². The first-order valence-corrected chi connectivity index (χ1v) is 11.0. The normalized spacial score (nSPS) is 10.8. The second kappa shape index (κ2) is 11.0. The molecule has 4 rings (SSSR count). The van der Waals surface area contributed by atoms with Crippen LogP contribution in [-0.2, 0) is 13.0 Å². The first kappa shape index (κ1) is 22.2. The minimum atomic E-state index is -0.206. The average Bonchev–Trinajstić information content (AvgIpc) is 3.52. The number of aromatic amines is 1. The van der Waals surface area contributed by atoms with Gasteiger partial charge in [-0.2, -0.15) is 5.16 Å². The second-order valence-corrected chi connectivity index (χ2v) is 7.68. The number of carbonyl (C=O) groups is 1. The Morgan fingerprint density at radius 2 is 1.82 bits per heavy atom. The van der Waals surface area contributed by atoms with Gasteiger partial charge in [-0.15, -0.1) is 0 Å². The molecule has 0 spiro atoms. The number of rotatable bonds is 11. The highest BCUT2D eigenvalue weighted by Gasteiger charge is 2.09. The first-order valence-electron chi connectivity index (χ1n) is 11.0. The van der Waals surface area contributed by atoms with Crippen LogP contribution in [0.15, 0.2) is 86.7 Å². The number of amides is 1. The third-order valence-corrected chi connectivity index (χ3v) is 5.26. The molecular weight excluding hydrogens is 420 g/mol. The number of hydrogen-bond donors (Lipinski definition) is 2. The fraction of sp³-hybridized carbons (Fsp3) is 0.231. The van der Waals surface area contributed by atoms with Crippen molar-refractivity contribution in [3.05, 3.63) is 100 Å². The second-order valence-electron chi connectivity index (χ2n) is 7.68. The maximum absolute atomic E-state index is 12.6. The lowest BCUT2D eigenvalue weighted by atomic mass is 10.1. The van der Waals surface area contributed by atoms with Gasteiger partial charge in [0.05, 0.1) is 12.9 Å². The molecule has 170 valence electrons. The first-order chi connectivity index (χ1) is 16.2. The van der Waals surface area contributed by atoms with Crippen LogP contribution in [0.25, 0.3) is 11.3 Å². The van der Waals surface area contributed by atoms with E-state index in [0.717, 1.165) is 48.3 Å². The summed E-state index contributed by atoms with van der Waals surface area (Å²) in [7, 11) is 0. The molecule has 0 radical (unpaired) electrons. The van der Waals surface area contributed by atoms with Crippen LogP contribution in [0.3, 0.4) is 0 Å². The number of aryl methyl sites for hydroxylation is 1. The Bertz CT molecular complexity index is 1210. The van der Waals surface area contributed by atoms with Crippen LogP contribution in [0.5, 0.6) is 5.75 Å². The number of benzene rings is 2. The van der Waals surface area contributed by atoms with E-state index in [2.05, 4.69) is 10.5 Å². The van der Waals surface area contributed by atoms with Crippen LogP contribution >= 0.6 is 0 Å². The molecule has 7 heteroatoms. The number of unbranched alkanes of at least 4 members (excludes halogenated alkanes) is 2. The number of furan rings is 1. The lowest BCUT2D eigenvalue weighted by Gasteiger charge is -2.12. The van der Waals surface area contributed by atoms with Gasteiger partial charge < -0.3 is 19.0 Å². The Kier molecular flexibility index (Phi) is 7.43. The predicted octanol–water partition coefficient (Wildman–Crippen LogP) is 4.95. The molecule has 1 amide bonds. The standard InChI is InChI=1S/C26H26N2O5/c29-25-17-22(33-28-25)8-2-1-5-15-31-24-9-4-3-7-21(24)18-27-26(30)20-13-11-19(12-14-20)23-10-6-16-32-23/h3-4,6-7,9-14,16-17H,1-2,5,8,15,18H2,(H,27,30)(H,28,29). The molecule has 0 aliphatic carbocycles. The van der Waals surface area contributed by atoms with Gasteiger partial charge in [0, 0.05) is 35.7 Å². The van der Waals surface area contributed by atoms with Crippen molar-refractivity contribution in [3.8, 4) is 17.1 Å². The number of ether oxygens (including phenoxy) is 1. The van der Waals surface area contributed by atoms with Gasteiger partial charge >= 0.3 is 0 Å². The largest absolute Gasteiger partial charge is 0.493 e.